The smallest absolute Gasteiger partial charge is 0.326 e. The van der Waals surface area contributed by atoms with Crippen LogP contribution < -0.4 is 0 Å². The summed E-state index contributed by atoms with van der Waals surface area (Å²) in [5.74, 6) is -0.310. The molecule has 0 radical (unpaired) electrons. The number of thioether (sulfide) groups is 1. The van der Waals surface area contributed by atoms with Crippen LogP contribution in [-0.2, 0) is 9.59 Å². The fraction of sp³-hybridized carbons (Fsp3) is 0.167. The third kappa shape index (κ3) is 3.52. The highest BCUT2D eigenvalue weighted by Gasteiger charge is 2.38. The molecule has 1 aromatic heterocycles. The Morgan fingerprint density at radius 1 is 1.28 bits per heavy atom. The minimum atomic E-state index is -1.10. The van der Waals surface area contributed by atoms with Gasteiger partial charge in [-0.2, -0.15) is 0 Å². The van der Waals surface area contributed by atoms with E-state index in [9.17, 15) is 9.59 Å². The molecule has 3 rings (SSSR count). The number of carbonyl (C=O) groups excluding carboxylic acids is 1. The van der Waals surface area contributed by atoms with E-state index >= 15 is 0 Å². The van der Waals surface area contributed by atoms with E-state index in [2.05, 4.69) is 0 Å². The molecular weight excluding hydrogens is 358 g/mol. The first kappa shape index (κ1) is 17.4. The molecule has 1 aliphatic heterocycles. The second kappa shape index (κ2) is 6.85. The van der Waals surface area contributed by atoms with E-state index in [1.807, 2.05) is 37.3 Å². The average molecular weight is 373 g/mol. The maximum Gasteiger partial charge on any atom is 0.326 e. The highest BCUT2D eigenvalue weighted by Crippen LogP contribution is 2.34. The van der Waals surface area contributed by atoms with Crippen molar-refractivity contribution in [2.24, 2.45) is 0 Å². The zero-order chi connectivity index (χ0) is 18.1. The summed E-state index contributed by atoms with van der Waals surface area (Å²) in [5, 5.41) is 9.10. The topological polar surface area (TPSA) is 70.8 Å². The van der Waals surface area contributed by atoms with Gasteiger partial charge in [0.15, 0.2) is 0 Å². The third-order valence-electron chi connectivity index (χ3n) is 3.80. The molecule has 25 heavy (non-hydrogen) atoms. The van der Waals surface area contributed by atoms with Gasteiger partial charge in [-0.05, 0) is 26.0 Å². The van der Waals surface area contributed by atoms with Crippen LogP contribution in [0.5, 0.6) is 0 Å². The number of aliphatic carboxylic acids is 1. The number of amides is 1. The van der Waals surface area contributed by atoms with Gasteiger partial charge in [0.2, 0.25) is 0 Å². The zero-order valence-electron chi connectivity index (χ0n) is 13.6. The van der Waals surface area contributed by atoms with E-state index < -0.39 is 17.9 Å². The predicted molar refractivity (Wildman–Crippen MR) is 101 cm³/mol. The molecule has 1 N–H and O–H groups in total. The van der Waals surface area contributed by atoms with Crippen molar-refractivity contribution >= 4 is 46.3 Å². The largest absolute Gasteiger partial charge is 0.480 e. The van der Waals surface area contributed by atoms with Gasteiger partial charge >= 0.3 is 5.97 Å². The van der Waals surface area contributed by atoms with Crippen LogP contribution in [0.4, 0.5) is 0 Å². The number of aryl methyl sites for hydroxylation is 1. The zero-order valence-corrected chi connectivity index (χ0v) is 15.2. The van der Waals surface area contributed by atoms with Crippen molar-refractivity contribution in [2.45, 2.75) is 19.9 Å². The van der Waals surface area contributed by atoms with Gasteiger partial charge in [0.05, 0.1) is 4.91 Å². The Morgan fingerprint density at radius 3 is 2.60 bits per heavy atom. The van der Waals surface area contributed by atoms with Crippen molar-refractivity contribution in [1.82, 2.24) is 4.90 Å². The fourth-order valence-corrected chi connectivity index (χ4v) is 3.76. The average Bonchev–Trinajstić information content (AvgIpc) is 3.13. The molecule has 5 nitrogen and oxygen atoms in total. The summed E-state index contributed by atoms with van der Waals surface area (Å²) >= 11 is 6.21. The van der Waals surface area contributed by atoms with Gasteiger partial charge in [-0.15, -0.1) is 0 Å². The van der Waals surface area contributed by atoms with E-state index in [-0.39, 0.29) is 4.32 Å². The molecule has 0 spiro atoms. The maximum atomic E-state index is 12.4. The lowest BCUT2D eigenvalue weighted by molar-refractivity contribution is -0.144. The van der Waals surface area contributed by atoms with Crippen LogP contribution in [0.2, 0.25) is 0 Å². The van der Waals surface area contributed by atoms with Gasteiger partial charge in [0, 0.05) is 11.6 Å². The minimum absolute atomic E-state index is 0.233. The SMILES string of the molecule is Cc1ccc(-c2ccc(/C=C3/SC(=S)N([C@@H](C)C(=O)O)C3=O)o2)cc1. The first-order valence-electron chi connectivity index (χ1n) is 7.53. The van der Waals surface area contributed by atoms with Crippen molar-refractivity contribution in [1.29, 1.82) is 0 Å². The van der Waals surface area contributed by atoms with Gasteiger partial charge in [0.25, 0.3) is 5.91 Å². The fourth-order valence-electron chi connectivity index (χ4n) is 2.36. The van der Waals surface area contributed by atoms with Crippen LogP contribution in [0.25, 0.3) is 17.4 Å². The molecule has 128 valence electrons. The van der Waals surface area contributed by atoms with Crippen LogP contribution in [0.1, 0.15) is 18.2 Å². The number of carboxylic acids is 1. The normalized spacial score (nSPS) is 17.4. The van der Waals surface area contributed by atoms with Gasteiger partial charge in [-0.1, -0.05) is 53.8 Å². The number of carbonyl (C=O) groups is 2. The molecule has 1 aromatic carbocycles. The highest BCUT2D eigenvalue weighted by atomic mass is 32.2. The highest BCUT2D eigenvalue weighted by molar-refractivity contribution is 8.26. The Morgan fingerprint density at radius 2 is 1.96 bits per heavy atom. The monoisotopic (exact) mass is 373 g/mol. The first-order chi connectivity index (χ1) is 11.9. The van der Waals surface area contributed by atoms with Crippen molar-refractivity contribution in [3.05, 3.63) is 52.6 Å². The van der Waals surface area contributed by atoms with E-state index in [1.54, 1.807) is 12.1 Å². The van der Waals surface area contributed by atoms with E-state index in [1.165, 1.54) is 6.92 Å². The molecule has 1 atom stereocenters. The van der Waals surface area contributed by atoms with E-state index in [0.29, 0.717) is 16.4 Å². The number of hydrogen-bond acceptors (Lipinski definition) is 5. The number of nitrogens with zero attached hydrogens (tertiary/aromatic N) is 1. The Bertz CT molecular complexity index is 883. The summed E-state index contributed by atoms with van der Waals surface area (Å²) in [5.41, 5.74) is 2.10. The Kier molecular flexibility index (Phi) is 4.78. The number of rotatable bonds is 4. The van der Waals surface area contributed by atoms with Crippen molar-refractivity contribution in [3.63, 3.8) is 0 Å². The second-order valence-electron chi connectivity index (χ2n) is 5.63. The van der Waals surface area contributed by atoms with Crippen molar-refractivity contribution < 1.29 is 19.1 Å². The Labute approximate surface area is 154 Å². The van der Waals surface area contributed by atoms with E-state index in [0.717, 1.165) is 27.8 Å². The molecule has 2 heterocycles. The molecule has 0 bridgehead atoms. The number of carboxylic acid groups (broad SMARTS) is 1. The van der Waals surface area contributed by atoms with Crippen molar-refractivity contribution in [2.75, 3.05) is 0 Å². The lowest BCUT2D eigenvalue weighted by Gasteiger charge is -2.18. The lowest BCUT2D eigenvalue weighted by Crippen LogP contribution is -2.41. The third-order valence-corrected chi connectivity index (χ3v) is 5.13. The van der Waals surface area contributed by atoms with Crippen LogP contribution in [0.3, 0.4) is 0 Å². The molecule has 0 saturated carbocycles. The molecule has 1 amide bonds. The molecule has 1 fully saturated rings. The van der Waals surface area contributed by atoms with Gasteiger partial charge in [-0.25, -0.2) is 4.79 Å². The standard InChI is InChI=1S/C18H15NO4S2/c1-10-3-5-12(6-4-10)14-8-7-13(23-14)9-15-16(20)19(18(24)25-15)11(2)17(21)22/h3-9,11H,1-2H3,(H,21,22)/b15-9+/t11-/m0/s1. The summed E-state index contributed by atoms with van der Waals surface area (Å²) < 4.78 is 6.01. The summed E-state index contributed by atoms with van der Waals surface area (Å²) in [6.45, 7) is 3.44. The van der Waals surface area contributed by atoms with Gasteiger partial charge in [-0.3, -0.25) is 9.69 Å². The molecule has 1 saturated heterocycles. The number of hydrogen-bond donors (Lipinski definition) is 1. The Hall–Kier alpha value is -2.38. The lowest BCUT2D eigenvalue weighted by atomic mass is 10.1. The molecule has 0 aliphatic carbocycles. The van der Waals surface area contributed by atoms with Crippen LogP contribution in [0, 0.1) is 6.92 Å². The predicted octanol–water partition coefficient (Wildman–Crippen LogP) is 3.93. The van der Waals surface area contributed by atoms with Gasteiger partial charge < -0.3 is 9.52 Å². The molecule has 0 unspecified atom stereocenters. The molecule has 2 aromatic rings. The summed E-state index contributed by atoms with van der Waals surface area (Å²) in [6, 6.07) is 10.5. The maximum absolute atomic E-state index is 12.4. The molecular formula is C18H15NO4S2. The van der Waals surface area contributed by atoms with Crippen LogP contribution >= 0.6 is 24.0 Å². The van der Waals surface area contributed by atoms with E-state index in [4.69, 9.17) is 21.7 Å². The summed E-state index contributed by atoms with van der Waals surface area (Å²) in [4.78, 5) is 25.0. The van der Waals surface area contributed by atoms with Crippen LogP contribution in [-0.4, -0.2) is 32.2 Å². The number of benzene rings is 1. The quantitative estimate of drug-likeness (QED) is 0.647. The molecule has 1 aliphatic rings. The van der Waals surface area contributed by atoms with Crippen LogP contribution in [0.15, 0.2) is 45.7 Å². The number of thiocarbonyl (C=S) groups is 1. The van der Waals surface area contributed by atoms with Crippen molar-refractivity contribution in [3.8, 4) is 11.3 Å². The first-order valence-corrected chi connectivity index (χ1v) is 8.76. The molecule has 7 heteroatoms. The van der Waals surface area contributed by atoms with Gasteiger partial charge in [0.1, 0.15) is 21.9 Å². The Balaban J connectivity index is 1.84. The summed E-state index contributed by atoms with van der Waals surface area (Å²) in [7, 11) is 0. The minimum Gasteiger partial charge on any atom is -0.480 e. The second-order valence-corrected chi connectivity index (χ2v) is 7.31. The number of furan rings is 1. The summed E-state index contributed by atoms with van der Waals surface area (Å²) in [6.07, 6.45) is 1.59.